The molecule has 3 aliphatic heterocycles. The minimum absolute atomic E-state index is 0.0639. The Morgan fingerprint density at radius 3 is 2.50 bits per heavy atom. The Balaban J connectivity index is 1.58. The molecule has 50 heavy (non-hydrogen) atoms. The number of fused-ring (bicyclic) bond motifs is 8. The summed E-state index contributed by atoms with van der Waals surface area (Å²) in [5.41, 5.74) is 4.54. The third-order valence-corrected chi connectivity index (χ3v) is 10.2. The van der Waals surface area contributed by atoms with E-state index in [0.717, 1.165) is 54.6 Å². The zero-order valence-electron chi connectivity index (χ0n) is 30.5. The minimum atomic E-state index is -1.00. The molecule has 0 aliphatic carbocycles. The Morgan fingerprint density at radius 2 is 1.80 bits per heavy atom. The maximum absolute atomic E-state index is 15.1. The number of methoxy groups -OCH3 is 1. The van der Waals surface area contributed by atoms with Gasteiger partial charge < -0.3 is 23.8 Å². The van der Waals surface area contributed by atoms with Crippen LogP contribution in [0.1, 0.15) is 89.5 Å². The lowest BCUT2D eigenvalue weighted by Gasteiger charge is -2.42. The number of pyridine rings is 1. The van der Waals surface area contributed by atoms with Crippen LogP contribution in [0.4, 0.5) is 10.2 Å². The number of aromatic nitrogens is 2. The zero-order valence-corrected chi connectivity index (χ0v) is 31.2. The molecule has 2 aromatic carbocycles. The fraction of sp³-hybridized carbons (Fsp3) is 0.500. The van der Waals surface area contributed by atoms with E-state index in [2.05, 4.69) is 18.7 Å². The maximum Gasteiger partial charge on any atom is 0.339 e. The van der Waals surface area contributed by atoms with Gasteiger partial charge in [0.2, 0.25) is 0 Å². The number of nitrogens with zero attached hydrogens (tertiary/aromatic N) is 3. The Bertz CT molecular complexity index is 1890. The van der Waals surface area contributed by atoms with Gasteiger partial charge in [-0.05, 0) is 122 Å². The highest BCUT2D eigenvalue weighted by atomic mass is 35.5. The van der Waals surface area contributed by atoms with Gasteiger partial charge in [0.25, 0.3) is 0 Å². The second kappa shape index (κ2) is 14.2. The van der Waals surface area contributed by atoms with E-state index >= 15 is 4.39 Å². The van der Waals surface area contributed by atoms with Gasteiger partial charge in [-0.15, -0.1) is 0 Å². The van der Waals surface area contributed by atoms with E-state index in [9.17, 15) is 4.79 Å². The predicted molar refractivity (Wildman–Crippen MR) is 196 cm³/mol. The van der Waals surface area contributed by atoms with E-state index in [0.29, 0.717) is 58.6 Å². The van der Waals surface area contributed by atoms with Crippen molar-refractivity contribution in [2.45, 2.75) is 104 Å². The predicted octanol–water partition coefficient (Wildman–Crippen LogP) is 9.43. The van der Waals surface area contributed by atoms with Crippen LogP contribution in [0.15, 0.2) is 42.5 Å². The molecule has 3 aliphatic rings. The van der Waals surface area contributed by atoms with Gasteiger partial charge in [-0.2, -0.15) is 0 Å². The number of carbonyl (C=O) groups excluding carboxylic acids is 1. The van der Waals surface area contributed by atoms with Crippen molar-refractivity contribution >= 4 is 29.0 Å². The molecule has 1 saturated heterocycles. The normalized spacial score (nSPS) is 20.8. The number of halogens is 2. The molecule has 0 amide bonds. The zero-order chi connectivity index (χ0) is 36.0. The van der Waals surface area contributed by atoms with Crippen molar-refractivity contribution in [1.82, 2.24) is 9.38 Å². The molecule has 0 unspecified atom stereocenters. The number of rotatable bonds is 3. The summed E-state index contributed by atoms with van der Waals surface area (Å²) in [6.07, 6.45) is 3.21. The Kier molecular flexibility index (Phi) is 10.2. The molecule has 0 saturated carbocycles. The number of benzene rings is 2. The topological polar surface area (TPSA) is 74.5 Å². The summed E-state index contributed by atoms with van der Waals surface area (Å²) in [5, 5.41) is 0.395. The fourth-order valence-corrected chi connectivity index (χ4v) is 7.38. The van der Waals surface area contributed by atoms with Crippen LogP contribution in [0.3, 0.4) is 0 Å². The third kappa shape index (κ3) is 7.37. The molecule has 2 atom stereocenters. The fourth-order valence-electron chi connectivity index (χ4n) is 7.06. The van der Waals surface area contributed by atoms with Gasteiger partial charge in [0.15, 0.2) is 6.10 Å². The van der Waals surface area contributed by atoms with Crippen LogP contribution in [-0.2, 0) is 19.0 Å². The van der Waals surface area contributed by atoms with Crippen molar-refractivity contribution in [1.29, 1.82) is 0 Å². The summed E-state index contributed by atoms with van der Waals surface area (Å²) in [7, 11) is 1.38. The van der Waals surface area contributed by atoms with Crippen LogP contribution >= 0.6 is 11.6 Å². The molecule has 2 aromatic heterocycles. The summed E-state index contributed by atoms with van der Waals surface area (Å²) < 4.78 is 41.8. The summed E-state index contributed by atoms with van der Waals surface area (Å²) >= 11 is 7.38. The van der Waals surface area contributed by atoms with Gasteiger partial charge in [-0.3, -0.25) is 4.40 Å². The lowest BCUT2D eigenvalue weighted by molar-refractivity contribution is -0.164. The maximum atomic E-state index is 15.1. The second-order valence-corrected chi connectivity index (χ2v) is 15.4. The first-order valence-corrected chi connectivity index (χ1v) is 18.0. The average Bonchev–Trinajstić information content (AvgIpc) is 3.39. The summed E-state index contributed by atoms with van der Waals surface area (Å²) in [5.74, 6) is 0.595. The first-order chi connectivity index (χ1) is 23.7. The Hall–Kier alpha value is -3.66. The second-order valence-electron chi connectivity index (χ2n) is 15.0. The number of ether oxygens (including phenoxy) is 4. The number of anilines is 1. The van der Waals surface area contributed by atoms with Crippen molar-refractivity contribution in [3.8, 4) is 28.1 Å². The number of hydrogen-bond acceptors (Lipinski definition) is 7. The molecule has 7 rings (SSSR count). The number of imidazole rings is 1. The van der Waals surface area contributed by atoms with Crippen molar-refractivity contribution in [3.63, 3.8) is 0 Å². The number of aryl methyl sites for hydroxylation is 2. The lowest BCUT2D eigenvalue weighted by atomic mass is 9.92. The number of hydrogen-bond donors (Lipinski definition) is 0. The molecule has 5 heterocycles. The average molecular weight is 706 g/mol. The van der Waals surface area contributed by atoms with E-state index in [4.69, 9.17) is 35.5 Å². The Morgan fingerprint density at radius 1 is 1.08 bits per heavy atom. The molecule has 0 spiro atoms. The highest BCUT2D eigenvalue weighted by Gasteiger charge is 2.38. The van der Waals surface area contributed by atoms with Gasteiger partial charge in [0, 0.05) is 36.4 Å². The first-order valence-electron chi connectivity index (χ1n) is 17.6. The standard InChI is InChI=1S/C40H49ClFN3O5/c1-24-20-31-29(23-30(24)42)27-13-11-14-28(22-27)34-36(41)45-32(43-34)21-25(2)33(35(38(46)47-8)50-39(4,5)6)37(45)44-17-15-40(7,16-18-44)48-19-10-9-12-26(3)49-31/h11,13-14,20-23,26,35H,9-10,12,15-19H2,1-8H3/t26-,35-/m0/s1. The van der Waals surface area contributed by atoms with E-state index in [-0.39, 0.29) is 17.5 Å². The summed E-state index contributed by atoms with van der Waals surface area (Å²) in [4.78, 5) is 20.8. The van der Waals surface area contributed by atoms with Crippen molar-refractivity contribution in [3.05, 3.63) is 70.1 Å². The smallest absolute Gasteiger partial charge is 0.339 e. The van der Waals surface area contributed by atoms with Gasteiger partial charge >= 0.3 is 5.97 Å². The van der Waals surface area contributed by atoms with Crippen LogP contribution in [0.5, 0.6) is 5.75 Å². The molecule has 6 bridgehead atoms. The van der Waals surface area contributed by atoms with E-state index in [1.54, 1.807) is 19.1 Å². The molecular formula is C40H49ClFN3O5. The van der Waals surface area contributed by atoms with Crippen molar-refractivity contribution < 1.29 is 28.1 Å². The number of esters is 1. The molecule has 8 nitrogen and oxygen atoms in total. The van der Waals surface area contributed by atoms with Crippen LogP contribution in [0.2, 0.25) is 5.15 Å². The van der Waals surface area contributed by atoms with Crippen LogP contribution in [0.25, 0.3) is 28.0 Å². The van der Waals surface area contributed by atoms with Crippen molar-refractivity contribution in [2.24, 2.45) is 0 Å². The summed E-state index contributed by atoms with van der Waals surface area (Å²) in [6.45, 7) is 15.7. The number of carbonyl (C=O) groups is 1. The summed E-state index contributed by atoms with van der Waals surface area (Å²) in [6, 6.07) is 13.1. The van der Waals surface area contributed by atoms with Gasteiger partial charge in [-0.25, -0.2) is 14.2 Å². The lowest BCUT2D eigenvalue weighted by Crippen LogP contribution is -2.45. The van der Waals surface area contributed by atoms with Gasteiger partial charge in [0.1, 0.15) is 33.9 Å². The van der Waals surface area contributed by atoms with Gasteiger partial charge in [0.05, 0.1) is 24.4 Å². The molecule has 268 valence electrons. The van der Waals surface area contributed by atoms with Crippen molar-refractivity contribution in [2.75, 3.05) is 31.7 Å². The minimum Gasteiger partial charge on any atom is -0.490 e. The van der Waals surface area contributed by atoms with Crippen LogP contribution < -0.4 is 9.64 Å². The molecule has 4 aromatic rings. The largest absolute Gasteiger partial charge is 0.490 e. The molecule has 0 N–H and O–H groups in total. The van der Waals surface area contributed by atoms with Crippen LogP contribution in [0, 0.1) is 19.7 Å². The van der Waals surface area contributed by atoms with Gasteiger partial charge in [-0.1, -0.05) is 29.8 Å². The highest BCUT2D eigenvalue weighted by Crippen LogP contribution is 2.43. The quantitative estimate of drug-likeness (QED) is 0.197. The van der Waals surface area contributed by atoms with Crippen LogP contribution in [-0.4, -0.2) is 59.5 Å². The molecule has 0 radical (unpaired) electrons. The molecule has 10 heteroatoms. The SMILES string of the molecule is COC(=O)[C@@H](OC(C)(C)C)c1c(C)cc2nc3c(Cl)n2c1N1CCC(C)(CC1)OCCCC[C@H](C)Oc1cc(C)c(F)cc1-c1cccc-3c1. The van der Waals surface area contributed by atoms with E-state index < -0.39 is 17.7 Å². The Labute approximate surface area is 299 Å². The first kappa shape index (κ1) is 36.1. The number of piperidine rings is 1. The molecule has 1 fully saturated rings. The van der Waals surface area contributed by atoms with E-state index in [1.807, 2.05) is 62.4 Å². The highest BCUT2D eigenvalue weighted by molar-refractivity contribution is 6.32. The monoisotopic (exact) mass is 705 g/mol. The third-order valence-electron chi connectivity index (χ3n) is 9.83. The molecular weight excluding hydrogens is 657 g/mol. The van der Waals surface area contributed by atoms with E-state index in [1.165, 1.54) is 7.11 Å².